The summed E-state index contributed by atoms with van der Waals surface area (Å²) < 4.78 is 24.1. The van der Waals surface area contributed by atoms with Crippen LogP contribution in [-0.2, 0) is 13.6 Å². The fraction of sp³-hybridized carbons (Fsp3) is 0.278. The molecule has 0 unspecified atom stereocenters. The summed E-state index contributed by atoms with van der Waals surface area (Å²) >= 11 is 0. The minimum atomic E-state index is -3.72. The summed E-state index contributed by atoms with van der Waals surface area (Å²) in [5.41, 5.74) is 0.405. The van der Waals surface area contributed by atoms with Crippen molar-refractivity contribution in [3.05, 3.63) is 75.8 Å². The monoisotopic (exact) mass is 392 g/mol. The predicted molar refractivity (Wildman–Crippen MR) is 101 cm³/mol. The van der Waals surface area contributed by atoms with E-state index in [9.17, 15) is 19.5 Å². The van der Waals surface area contributed by atoms with Crippen molar-refractivity contribution in [3.8, 4) is 0 Å². The summed E-state index contributed by atoms with van der Waals surface area (Å²) in [6, 6.07) is 14.0. The molecule has 144 valence electrons. The lowest BCUT2D eigenvalue weighted by Gasteiger charge is -2.27. The van der Waals surface area contributed by atoms with E-state index in [-0.39, 0.29) is 24.5 Å². The molecule has 2 aromatic rings. The molecule has 2 aromatic carbocycles. The largest absolute Gasteiger partial charge is 0.357 e. The van der Waals surface area contributed by atoms with E-state index in [2.05, 4.69) is 5.32 Å². The zero-order valence-corrected chi connectivity index (χ0v) is 15.9. The fourth-order valence-electron chi connectivity index (χ4n) is 2.49. The zero-order chi connectivity index (χ0) is 19.9. The Bertz CT molecular complexity index is 833. The van der Waals surface area contributed by atoms with Crippen LogP contribution < -0.4 is 5.32 Å². The van der Waals surface area contributed by atoms with E-state index >= 15 is 0 Å². The van der Waals surface area contributed by atoms with Gasteiger partial charge < -0.3 is 14.4 Å². The quantitative estimate of drug-likeness (QED) is 0.387. The van der Waals surface area contributed by atoms with E-state index in [1.807, 2.05) is 0 Å². The van der Waals surface area contributed by atoms with Gasteiger partial charge in [0, 0.05) is 17.7 Å². The highest BCUT2D eigenvalue weighted by molar-refractivity contribution is 7.54. The number of carbonyl (C=O) groups excluding carboxylic acids is 1. The van der Waals surface area contributed by atoms with Gasteiger partial charge in [-0.1, -0.05) is 36.4 Å². The first-order valence-electron chi connectivity index (χ1n) is 8.40. The molecule has 1 atom stereocenters. The Kier molecular flexibility index (Phi) is 7.24. The molecule has 0 bridgehead atoms. The van der Waals surface area contributed by atoms with Gasteiger partial charge in [0.1, 0.15) is 0 Å². The van der Waals surface area contributed by atoms with Crippen molar-refractivity contribution in [1.82, 2.24) is 5.32 Å². The van der Waals surface area contributed by atoms with E-state index in [1.165, 1.54) is 18.2 Å². The molecule has 2 rings (SSSR count). The maximum atomic E-state index is 13.3. The van der Waals surface area contributed by atoms with E-state index in [4.69, 9.17) is 9.05 Å². The first-order valence-corrected chi connectivity index (χ1v) is 10.0. The Morgan fingerprint density at radius 2 is 1.74 bits per heavy atom. The Morgan fingerprint density at radius 3 is 2.30 bits per heavy atom. The van der Waals surface area contributed by atoms with Crippen LogP contribution in [0.4, 0.5) is 5.69 Å². The number of hydrogen-bond acceptors (Lipinski definition) is 6. The molecule has 0 aliphatic heterocycles. The molecule has 8 nitrogen and oxygen atoms in total. The highest BCUT2D eigenvalue weighted by Crippen LogP contribution is 2.59. The van der Waals surface area contributed by atoms with Gasteiger partial charge in [-0.2, -0.15) is 0 Å². The lowest BCUT2D eigenvalue weighted by atomic mass is 10.1. The molecule has 0 saturated heterocycles. The molecule has 27 heavy (non-hydrogen) atoms. The molecule has 0 radical (unpaired) electrons. The number of nitro groups is 1. The van der Waals surface area contributed by atoms with Gasteiger partial charge in [-0.05, 0) is 25.5 Å². The molecule has 1 amide bonds. The molecule has 0 saturated carbocycles. The normalized spacial score (nSPS) is 12.4. The number of nitro benzene ring substituents is 1. The number of carbonyl (C=O) groups is 1. The van der Waals surface area contributed by atoms with Crippen molar-refractivity contribution in [1.29, 1.82) is 0 Å². The third-order valence-electron chi connectivity index (χ3n) is 3.64. The van der Waals surface area contributed by atoms with Crippen molar-refractivity contribution >= 4 is 19.2 Å². The number of rotatable bonds is 9. The smallest absolute Gasteiger partial charge is 0.334 e. The van der Waals surface area contributed by atoms with Crippen LogP contribution in [0.5, 0.6) is 0 Å². The Morgan fingerprint density at radius 1 is 1.11 bits per heavy atom. The number of nitrogens with one attached hydrogen (secondary N) is 1. The minimum Gasteiger partial charge on any atom is -0.334 e. The van der Waals surface area contributed by atoms with Gasteiger partial charge in [0.25, 0.3) is 11.6 Å². The van der Waals surface area contributed by atoms with Crippen molar-refractivity contribution in [2.75, 3.05) is 13.2 Å². The first-order chi connectivity index (χ1) is 12.9. The van der Waals surface area contributed by atoms with Crippen LogP contribution in [0, 0.1) is 10.1 Å². The SMILES string of the molecule is CCOP(=O)(OCC)[C@@H](NC(=O)c1cccc([N+](=O)[O-])c1)c1ccccc1. The van der Waals surface area contributed by atoms with Crippen LogP contribution in [0.15, 0.2) is 54.6 Å². The van der Waals surface area contributed by atoms with Gasteiger partial charge in [-0.3, -0.25) is 19.5 Å². The molecular weight excluding hydrogens is 371 g/mol. The van der Waals surface area contributed by atoms with Crippen LogP contribution in [0.25, 0.3) is 0 Å². The van der Waals surface area contributed by atoms with Gasteiger partial charge in [0.2, 0.25) is 0 Å². The fourth-order valence-corrected chi connectivity index (χ4v) is 4.40. The molecule has 9 heteroatoms. The van der Waals surface area contributed by atoms with E-state index in [1.54, 1.807) is 44.2 Å². The summed E-state index contributed by atoms with van der Waals surface area (Å²) in [4.78, 5) is 23.0. The molecule has 0 spiro atoms. The minimum absolute atomic E-state index is 0.0738. The predicted octanol–water partition coefficient (Wildman–Crippen LogP) is 4.29. The van der Waals surface area contributed by atoms with Gasteiger partial charge in [0.05, 0.1) is 18.1 Å². The number of nitrogens with zero attached hydrogens (tertiary/aromatic N) is 1. The van der Waals surface area contributed by atoms with Crippen molar-refractivity contribution in [2.45, 2.75) is 19.6 Å². The van der Waals surface area contributed by atoms with E-state index < -0.39 is 24.2 Å². The standard InChI is InChI=1S/C18H21N2O6P/c1-3-25-27(24,26-4-2)18(14-9-6-5-7-10-14)19-17(21)15-11-8-12-16(13-15)20(22)23/h5-13,18H,3-4H2,1-2H3,(H,19,21)/t18-/m1/s1. The first kappa shape index (κ1) is 20.8. The Hall–Kier alpha value is -2.54. The summed E-state index contributed by atoms with van der Waals surface area (Å²) in [7, 11) is -3.72. The maximum Gasteiger partial charge on any atom is 0.357 e. The van der Waals surface area contributed by atoms with E-state index in [0.717, 1.165) is 6.07 Å². The molecule has 1 N–H and O–H groups in total. The van der Waals surface area contributed by atoms with Crippen molar-refractivity contribution < 1.29 is 23.3 Å². The van der Waals surface area contributed by atoms with Crippen LogP contribution in [0.3, 0.4) is 0 Å². The lowest BCUT2D eigenvalue weighted by molar-refractivity contribution is -0.384. The molecule has 0 aliphatic rings. The maximum absolute atomic E-state index is 13.3. The third-order valence-corrected chi connectivity index (χ3v) is 5.93. The van der Waals surface area contributed by atoms with Crippen LogP contribution >= 0.6 is 7.60 Å². The number of benzene rings is 2. The lowest BCUT2D eigenvalue weighted by Crippen LogP contribution is -2.29. The average Bonchev–Trinajstić information content (AvgIpc) is 2.67. The van der Waals surface area contributed by atoms with Gasteiger partial charge in [-0.25, -0.2) is 0 Å². The summed E-state index contributed by atoms with van der Waals surface area (Å²) in [5.74, 6) is -1.67. The number of non-ortho nitro benzene ring substituents is 1. The average molecular weight is 392 g/mol. The molecule has 0 aromatic heterocycles. The summed E-state index contributed by atoms with van der Waals surface area (Å²) in [6.45, 7) is 3.62. The summed E-state index contributed by atoms with van der Waals surface area (Å²) in [5, 5.41) is 13.6. The van der Waals surface area contributed by atoms with Gasteiger partial charge >= 0.3 is 7.60 Å². The van der Waals surface area contributed by atoms with Crippen molar-refractivity contribution in [2.24, 2.45) is 0 Å². The molecule has 0 heterocycles. The third kappa shape index (κ3) is 5.23. The topological polar surface area (TPSA) is 108 Å². The van der Waals surface area contributed by atoms with Crippen LogP contribution in [-0.4, -0.2) is 24.0 Å². The molecule has 0 aliphatic carbocycles. The second-order valence-corrected chi connectivity index (χ2v) is 7.58. The second-order valence-electron chi connectivity index (χ2n) is 5.47. The van der Waals surface area contributed by atoms with Gasteiger partial charge in [0.15, 0.2) is 5.78 Å². The zero-order valence-electron chi connectivity index (χ0n) is 15.0. The highest BCUT2D eigenvalue weighted by Gasteiger charge is 2.38. The van der Waals surface area contributed by atoms with Crippen LogP contribution in [0.1, 0.15) is 35.6 Å². The van der Waals surface area contributed by atoms with E-state index in [0.29, 0.717) is 5.56 Å². The number of amides is 1. The highest BCUT2D eigenvalue weighted by atomic mass is 31.2. The Labute approximate surface area is 157 Å². The van der Waals surface area contributed by atoms with Crippen LogP contribution in [0.2, 0.25) is 0 Å². The second kappa shape index (κ2) is 9.41. The number of hydrogen-bond donors (Lipinski definition) is 1. The van der Waals surface area contributed by atoms with Gasteiger partial charge in [-0.15, -0.1) is 0 Å². The molecular formula is C18H21N2O6P. The molecule has 0 fully saturated rings. The summed E-state index contributed by atoms with van der Waals surface area (Å²) in [6.07, 6.45) is 0. The Balaban J connectivity index is 2.40. The van der Waals surface area contributed by atoms with Crippen molar-refractivity contribution in [3.63, 3.8) is 0 Å².